The van der Waals surface area contributed by atoms with Gasteiger partial charge in [0, 0.05) is 24.2 Å². The minimum absolute atomic E-state index is 0.177. The Balaban J connectivity index is 3.13. The Bertz CT molecular complexity index is 311. The summed E-state index contributed by atoms with van der Waals surface area (Å²) in [6, 6.07) is 1.25. The van der Waals surface area contributed by atoms with Gasteiger partial charge in [-0.25, -0.2) is 13.2 Å². The molecular formula is C9H8F3N. The largest absolute Gasteiger partial charge is 0.327 e. The van der Waals surface area contributed by atoms with Crippen molar-refractivity contribution in [2.24, 2.45) is 5.73 Å². The van der Waals surface area contributed by atoms with Gasteiger partial charge in [0.2, 0.25) is 0 Å². The molecule has 0 aliphatic carbocycles. The highest BCUT2D eigenvalue weighted by molar-refractivity contribution is 5.50. The summed E-state index contributed by atoms with van der Waals surface area (Å²) >= 11 is 0. The average Bonchev–Trinajstić information content (AvgIpc) is 2.02. The summed E-state index contributed by atoms with van der Waals surface area (Å²) in [5.74, 6) is -2.79. The van der Waals surface area contributed by atoms with Crippen molar-refractivity contribution in [2.45, 2.75) is 0 Å². The summed E-state index contributed by atoms with van der Waals surface area (Å²) in [5, 5.41) is 0. The third-order valence-electron chi connectivity index (χ3n) is 1.46. The molecule has 0 radical (unpaired) electrons. The third kappa shape index (κ3) is 2.32. The van der Waals surface area contributed by atoms with Crippen LogP contribution in [0.25, 0.3) is 6.08 Å². The first-order chi connectivity index (χ1) is 6.15. The normalized spacial score (nSPS) is 11.1. The molecular weight excluding hydrogens is 179 g/mol. The maximum Gasteiger partial charge on any atom is 0.136 e. The highest BCUT2D eigenvalue weighted by Crippen LogP contribution is 2.15. The van der Waals surface area contributed by atoms with Crippen molar-refractivity contribution in [1.82, 2.24) is 0 Å². The van der Waals surface area contributed by atoms with Gasteiger partial charge in [-0.15, -0.1) is 0 Å². The van der Waals surface area contributed by atoms with Crippen LogP contribution in [0.1, 0.15) is 5.56 Å². The third-order valence-corrected chi connectivity index (χ3v) is 1.46. The van der Waals surface area contributed by atoms with Gasteiger partial charge in [0.05, 0.1) is 0 Å². The molecule has 0 unspecified atom stereocenters. The molecule has 1 aromatic carbocycles. The Morgan fingerprint density at radius 2 is 1.69 bits per heavy atom. The summed E-state index contributed by atoms with van der Waals surface area (Å²) in [5.41, 5.74) is 4.83. The second kappa shape index (κ2) is 4.09. The molecule has 0 saturated carbocycles. The van der Waals surface area contributed by atoms with Crippen LogP contribution in [-0.2, 0) is 0 Å². The van der Waals surface area contributed by atoms with E-state index in [0.717, 1.165) is 0 Å². The van der Waals surface area contributed by atoms with Gasteiger partial charge in [-0.2, -0.15) is 0 Å². The SMILES string of the molecule is NC/C=C/c1c(F)cc(F)cc1F. The average molecular weight is 187 g/mol. The molecule has 2 N–H and O–H groups in total. The van der Waals surface area contributed by atoms with Crippen molar-refractivity contribution in [3.8, 4) is 0 Å². The number of rotatable bonds is 2. The molecule has 0 heterocycles. The molecule has 0 saturated heterocycles. The quantitative estimate of drug-likeness (QED) is 0.753. The van der Waals surface area contributed by atoms with Crippen LogP contribution in [0, 0.1) is 17.5 Å². The van der Waals surface area contributed by atoms with Crippen molar-refractivity contribution in [3.05, 3.63) is 41.2 Å². The number of nitrogens with two attached hydrogens (primary N) is 1. The van der Waals surface area contributed by atoms with Gasteiger partial charge in [-0.1, -0.05) is 12.2 Å². The summed E-state index contributed by atoms with van der Waals surface area (Å²) in [4.78, 5) is 0. The monoisotopic (exact) mass is 187 g/mol. The van der Waals surface area contributed by atoms with Crippen molar-refractivity contribution in [1.29, 1.82) is 0 Å². The molecule has 4 heteroatoms. The van der Waals surface area contributed by atoms with E-state index >= 15 is 0 Å². The maximum atomic E-state index is 12.9. The Hall–Kier alpha value is -1.29. The second-order valence-corrected chi connectivity index (χ2v) is 2.42. The molecule has 0 aliphatic rings. The fraction of sp³-hybridized carbons (Fsp3) is 0.111. The molecule has 0 bridgehead atoms. The molecule has 13 heavy (non-hydrogen) atoms. The Morgan fingerprint density at radius 3 is 2.15 bits per heavy atom. The van der Waals surface area contributed by atoms with E-state index in [2.05, 4.69) is 0 Å². The van der Waals surface area contributed by atoms with Crippen LogP contribution in [0.4, 0.5) is 13.2 Å². The predicted octanol–water partition coefficient (Wildman–Crippen LogP) is 2.08. The molecule has 0 atom stereocenters. The van der Waals surface area contributed by atoms with Crippen molar-refractivity contribution >= 4 is 6.08 Å². The van der Waals surface area contributed by atoms with E-state index in [0.29, 0.717) is 12.1 Å². The van der Waals surface area contributed by atoms with Crippen molar-refractivity contribution in [3.63, 3.8) is 0 Å². The summed E-state index contributed by atoms with van der Waals surface area (Å²) in [6.07, 6.45) is 2.57. The second-order valence-electron chi connectivity index (χ2n) is 2.42. The fourth-order valence-corrected chi connectivity index (χ4v) is 0.898. The Kier molecular flexibility index (Phi) is 3.08. The lowest BCUT2D eigenvalue weighted by Gasteiger charge is -1.98. The standard InChI is InChI=1S/C9H8F3N/c10-6-4-8(11)7(2-1-3-13)9(12)5-6/h1-2,4-5H,3,13H2/b2-1+. The molecule has 0 aliphatic heterocycles. The number of hydrogen-bond donors (Lipinski definition) is 1. The molecule has 0 aromatic heterocycles. The summed E-state index contributed by atoms with van der Waals surface area (Å²) in [7, 11) is 0. The van der Waals surface area contributed by atoms with E-state index in [1.807, 2.05) is 0 Å². The van der Waals surface area contributed by atoms with Gasteiger partial charge in [0.25, 0.3) is 0 Å². The van der Waals surface area contributed by atoms with Crippen LogP contribution in [-0.4, -0.2) is 6.54 Å². The Morgan fingerprint density at radius 1 is 1.15 bits per heavy atom. The van der Waals surface area contributed by atoms with Gasteiger partial charge >= 0.3 is 0 Å². The lowest BCUT2D eigenvalue weighted by molar-refractivity contribution is 0.540. The van der Waals surface area contributed by atoms with Crippen molar-refractivity contribution < 1.29 is 13.2 Å². The van der Waals surface area contributed by atoms with E-state index in [-0.39, 0.29) is 12.1 Å². The lowest BCUT2D eigenvalue weighted by atomic mass is 10.2. The first kappa shape index (κ1) is 9.80. The molecule has 1 nitrogen and oxygen atoms in total. The number of hydrogen-bond acceptors (Lipinski definition) is 1. The molecule has 0 fully saturated rings. The zero-order chi connectivity index (χ0) is 9.84. The molecule has 1 aromatic rings. The Labute approximate surface area is 73.7 Å². The summed E-state index contributed by atoms with van der Waals surface area (Å²) in [6.45, 7) is 0.177. The number of halogens is 3. The zero-order valence-corrected chi connectivity index (χ0v) is 6.73. The van der Waals surface area contributed by atoms with Crippen LogP contribution in [0.3, 0.4) is 0 Å². The predicted molar refractivity (Wildman–Crippen MR) is 44.4 cm³/mol. The fourth-order valence-electron chi connectivity index (χ4n) is 0.898. The van der Waals surface area contributed by atoms with Gasteiger partial charge in [0.1, 0.15) is 17.5 Å². The van der Waals surface area contributed by atoms with E-state index in [1.54, 1.807) is 0 Å². The zero-order valence-electron chi connectivity index (χ0n) is 6.73. The van der Waals surface area contributed by atoms with Crippen LogP contribution < -0.4 is 5.73 Å². The van der Waals surface area contributed by atoms with Crippen LogP contribution in [0.15, 0.2) is 18.2 Å². The van der Waals surface area contributed by atoms with Crippen LogP contribution >= 0.6 is 0 Å². The van der Waals surface area contributed by atoms with Crippen LogP contribution in [0.5, 0.6) is 0 Å². The van der Waals surface area contributed by atoms with Crippen LogP contribution in [0.2, 0.25) is 0 Å². The van der Waals surface area contributed by atoms with Gasteiger partial charge in [0.15, 0.2) is 0 Å². The highest BCUT2D eigenvalue weighted by Gasteiger charge is 2.07. The lowest BCUT2D eigenvalue weighted by Crippen LogP contribution is -1.95. The first-order valence-corrected chi connectivity index (χ1v) is 3.66. The highest BCUT2D eigenvalue weighted by atomic mass is 19.1. The molecule has 1 rings (SSSR count). The minimum Gasteiger partial charge on any atom is -0.327 e. The molecule has 0 amide bonds. The van der Waals surface area contributed by atoms with Crippen molar-refractivity contribution in [2.75, 3.05) is 6.54 Å². The minimum atomic E-state index is -0.931. The molecule has 0 spiro atoms. The smallest absolute Gasteiger partial charge is 0.136 e. The van der Waals surface area contributed by atoms with E-state index in [1.165, 1.54) is 12.2 Å². The first-order valence-electron chi connectivity index (χ1n) is 3.66. The van der Waals surface area contributed by atoms with E-state index < -0.39 is 17.5 Å². The van der Waals surface area contributed by atoms with Gasteiger partial charge in [-0.05, 0) is 0 Å². The van der Waals surface area contributed by atoms with Gasteiger partial charge < -0.3 is 5.73 Å². The number of benzene rings is 1. The summed E-state index contributed by atoms with van der Waals surface area (Å²) < 4.78 is 38.1. The maximum absolute atomic E-state index is 12.9. The van der Waals surface area contributed by atoms with E-state index in [9.17, 15) is 13.2 Å². The van der Waals surface area contributed by atoms with E-state index in [4.69, 9.17) is 5.73 Å². The van der Waals surface area contributed by atoms with Gasteiger partial charge in [-0.3, -0.25) is 0 Å². The topological polar surface area (TPSA) is 26.0 Å². The molecule has 70 valence electrons.